The van der Waals surface area contributed by atoms with Gasteiger partial charge >= 0.3 is 0 Å². The largest absolute Gasteiger partial charge is 0.352 e. The fourth-order valence-corrected chi connectivity index (χ4v) is 3.14. The van der Waals surface area contributed by atoms with Crippen molar-refractivity contribution in [3.05, 3.63) is 65.2 Å². The minimum Gasteiger partial charge on any atom is -0.352 e. The Morgan fingerprint density at radius 3 is 2.23 bits per heavy atom. The summed E-state index contributed by atoms with van der Waals surface area (Å²) in [5.74, 6) is -0.674. The number of hydrogen-bond acceptors (Lipinski definition) is 3. The summed E-state index contributed by atoms with van der Waals surface area (Å²) in [6.07, 6.45) is 0.936. The third kappa shape index (κ3) is 7.24. The average molecular weight is 424 g/mol. The van der Waals surface area contributed by atoms with E-state index in [1.54, 1.807) is 19.2 Å². The smallest absolute Gasteiger partial charge is 0.251 e. The summed E-state index contributed by atoms with van der Waals surface area (Å²) in [6, 6.07) is 15.1. The molecule has 0 saturated heterocycles. The number of rotatable bonds is 8. The van der Waals surface area contributed by atoms with Crippen LogP contribution in [0.1, 0.15) is 55.6 Å². The van der Waals surface area contributed by atoms with E-state index in [1.807, 2.05) is 43.3 Å². The van der Waals surface area contributed by atoms with Crippen molar-refractivity contribution >= 4 is 23.4 Å². The molecule has 6 nitrogen and oxygen atoms in total. The second kappa shape index (κ2) is 10.8. The zero-order valence-electron chi connectivity index (χ0n) is 19.1. The van der Waals surface area contributed by atoms with Crippen LogP contribution in [0.4, 0.5) is 5.69 Å². The van der Waals surface area contributed by atoms with Crippen LogP contribution in [0.5, 0.6) is 0 Å². The lowest BCUT2D eigenvalue weighted by Gasteiger charge is -2.19. The monoisotopic (exact) mass is 423 g/mol. The van der Waals surface area contributed by atoms with E-state index >= 15 is 0 Å². The van der Waals surface area contributed by atoms with E-state index < -0.39 is 0 Å². The summed E-state index contributed by atoms with van der Waals surface area (Å²) in [5, 5.41) is 5.62. The summed E-state index contributed by atoms with van der Waals surface area (Å²) >= 11 is 0. The molecule has 0 unspecified atom stereocenters. The third-order valence-electron chi connectivity index (χ3n) is 5.12. The molecule has 31 heavy (non-hydrogen) atoms. The molecule has 0 bridgehead atoms. The number of benzene rings is 2. The molecule has 166 valence electrons. The van der Waals surface area contributed by atoms with Gasteiger partial charge in [0.15, 0.2) is 0 Å². The number of likely N-dealkylation sites (N-methyl/N-ethyl adjacent to an activating group) is 1. The van der Waals surface area contributed by atoms with Crippen molar-refractivity contribution in [2.75, 3.05) is 25.5 Å². The highest BCUT2D eigenvalue weighted by Crippen LogP contribution is 2.22. The summed E-state index contributed by atoms with van der Waals surface area (Å²) < 4.78 is 0. The van der Waals surface area contributed by atoms with Gasteiger partial charge < -0.3 is 15.5 Å². The van der Waals surface area contributed by atoms with Crippen LogP contribution in [-0.4, -0.2) is 42.8 Å². The van der Waals surface area contributed by atoms with Gasteiger partial charge in [-0.25, -0.2) is 0 Å². The minimum absolute atomic E-state index is 0.0247. The normalized spacial score (nSPS) is 11.0. The van der Waals surface area contributed by atoms with Crippen LogP contribution >= 0.6 is 0 Å². The lowest BCUT2D eigenvalue weighted by atomic mass is 9.87. The number of nitrogens with zero attached hydrogens (tertiary/aromatic N) is 1. The molecule has 6 heteroatoms. The van der Waals surface area contributed by atoms with E-state index in [2.05, 4.69) is 31.4 Å². The molecule has 2 rings (SSSR count). The van der Waals surface area contributed by atoms with E-state index in [0.717, 1.165) is 23.2 Å². The van der Waals surface area contributed by atoms with Crippen LogP contribution in [0.3, 0.4) is 0 Å². The van der Waals surface area contributed by atoms with Gasteiger partial charge in [-0.2, -0.15) is 0 Å². The maximum absolute atomic E-state index is 12.3. The predicted molar refractivity (Wildman–Crippen MR) is 124 cm³/mol. The van der Waals surface area contributed by atoms with E-state index in [9.17, 15) is 14.4 Å². The predicted octanol–water partition coefficient (Wildman–Crippen LogP) is 3.76. The molecular weight excluding hydrogens is 390 g/mol. The van der Waals surface area contributed by atoms with Crippen molar-refractivity contribution in [3.8, 4) is 0 Å². The number of amides is 3. The molecule has 2 aromatic rings. The molecule has 0 radical (unpaired) electrons. The number of aryl methyl sites for hydroxylation is 1. The van der Waals surface area contributed by atoms with Crippen LogP contribution in [0, 0.1) is 0 Å². The molecule has 0 saturated carbocycles. The van der Waals surface area contributed by atoms with E-state index in [1.165, 1.54) is 4.90 Å². The van der Waals surface area contributed by atoms with Gasteiger partial charge in [-0.05, 0) is 41.2 Å². The molecule has 0 fully saturated rings. The quantitative estimate of drug-likeness (QED) is 0.679. The average Bonchev–Trinajstić information content (AvgIpc) is 2.73. The highest BCUT2D eigenvalue weighted by Gasteiger charge is 2.16. The van der Waals surface area contributed by atoms with Crippen molar-refractivity contribution in [1.82, 2.24) is 10.2 Å². The first kappa shape index (κ1) is 24.1. The van der Waals surface area contributed by atoms with Crippen LogP contribution in [0.2, 0.25) is 0 Å². The maximum atomic E-state index is 12.3. The van der Waals surface area contributed by atoms with E-state index in [4.69, 9.17) is 0 Å². The van der Waals surface area contributed by atoms with E-state index in [0.29, 0.717) is 5.56 Å². The van der Waals surface area contributed by atoms with Crippen LogP contribution in [0.15, 0.2) is 48.5 Å². The Hall–Kier alpha value is -3.15. The van der Waals surface area contributed by atoms with Gasteiger partial charge in [0.1, 0.15) is 0 Å². The second-order valence-corrected chi connectivity index (χ2v) is 8.64. The molecule has 0 aliphatic rings. The van der Waals surface area contributed by atoms with Crippen molar-refractivity contribution in [1.29, 1.82) is 0 Å². The third-order valence-corrected chi connectivity index (χ3v) is 5.12. The Morgan fingerprint density at radius 1 is 0.968 bits per heavy atom. The van der Waals surface area contributed by atoms with Gasteiger partial charge in [0.05, 0.1) is 6.54 Å². The lowest BCUT2D eigenvalue weighted by molar-refractivity contribution is -0.133. The first-order valence-corrected chi connectivity index (χ1v) is 10.6. The maximum Gasteiger partial charge on any atom is 0.251 e. The Labute approximate surface area is 185 Å². The van der Waals surface area contributed by atoms with Crippen LogP contribution < -0.4 is 10.6 Å². The van der Waals surface area contributed by atoms with Crippen LogP contribution in [0.25, 0.3) is 0 Å². The summed E-state index contributed by atoms with van der Waals surface area (Å²) in [7, 11) is 1.58. The van der Waals surface area contributed by atoms with Crippen molar-refractivity contribution in [2.45, 2.75) is 46.0 Å². The van der Waals surface area contributed by atoms with E-state index in [-0.39, 0.29) is 42.6 Å². The molecule has 0 heterocycles. The van der Waals surface area contributed by atoms with Gasteiger partial charge in [-0.3, -0.25) is 14.4 Å². The summed E-state index contributed by atoms with van der Waals surface area (Å²) in [6.45, 7) is 8.54. The molecule has 0 spiro atoms. The van der Waals surface area contributed by atoms with Crippen molar-refractivity contribution < 1.29 is 14.4 Å². The molecule has 2 aromatic carbocycles. The number of carbonyl (C=O) groups excluding carboxylic acids is 3. The Balaban J connectivity index is 1.78. The van der Waals surface area contributed by atoms with Gasteiger partial charge in [0, 0.05) is 31.3 Å². The lowest BCUT2D eigenvalue weighted by Crippen LogP contribution is -2.37. The topological polar surface area (TPSA) is 78.5 Å². The SMILES string of the molecule is CCc1ccccc1NC(=O)CN(C)C(=O)CCNC(=O)c1ccc(C(C)(C)C)cc1. The number of para-hydroxylation sites is 1. The second-order valence-electron chi connectivity index (χ2n) is 8.64. The molecule has 0 aliphatic carbocycles. The minimum atomic E-state index is -0.250. The number of carbonyl (C=O) groups is 3. The fraction of sp³-hybridized carbons (Fsp3) is 0.400. The molecular formula is C25H33N3O3. The number of anilines is 1. The number of nitrogens with one attached hydrogen (secondary N) is 2. The Kier molecular flexibility index (Phi) is 8.37. The highest BCUT2D eigenvalue weighted by molar-refractivity contribution is 5.96. The molecule has 0 aliphatic heterocycles. The van der Waals surface area contributed by atoms with Gasteiger partial charge in [-0.15, -0.1) is 0 Å². The van der Waals surface area contributed by atoms with Gasteiger partial charge in [0.25, 0.3) is 5.91 Å². The first-order chi connectivity index (χ1) is 14.6. The summed E-state index contributed by atoms with van der Waals surface area (Å²) in [4.78, 5) is 38.3. The van der Waals surface area contributed by atoms with Gasteiger partial charge in [0.2, 0.25) is 11.8 Å². The standard InChI is InChI=1S/C25H33N3O3/c1-6-18-9-7-8-10-21(18)27-22(29)17-28(5)23(30)15-16-26-24(31)19-11-13-20(14-12-19)25(2,3)4/h7-14H,6,15-17H2,1-5H3,(H,26,31)(H,27,29). The molecule has 3 amide bonds. The molecule has 2 N–H and O–H groups in total. The molecule has 0 atom stereocenters. The van der Waals surface area contributed by atoms with Crippen LogP contribution in [-0.2, 0) is 21.4 Å². The zero-order chi connectivity index (χ0) is 23.0. The highest BCUT2D eigenvalue weighted by atomic mass is 16.2. The Bertz CT molecular complexity index is 914. The van der Waals surface area contributed by atoms with Crippen molar-refractivity contribution in [3.63, 3.8) is 0 Å². The zero-order valence-corrected chi connectivity index (χ0v) is 19.1. The first-order valence-electron chi connectivity index (χ1n) is 10.6. The van der Waals surface area contributed by atoms with Crippen molar-refractivity contribution in [2.24, 2.45) is 0 Å². The fourth-order valence-electron chi connectivity index (χ4n) is 3.14. The number of hydrogen-bond donors (Lipinski definition) is 2. The summed E-state index contributed by atoms with van der Waals surface area (Å²) in [5.41, 5.74) is 3.55. The molecule has 0 aromatic heterocycles. The van der Waals surface area contributed by atoms with Gasteiger partial charge in [-0.1, -0.05) is 58.0 Å². The Morgan fingerprint density at radius 2 is 1.61 bits per heavy atom.